The van der Waals surface area contributed by atoms with Crippen LogP contribution in [0, 0.1) is 0 Å². The van der Waals surface area contributed by atoms with E-state index in [9.17, 15) is 4.79 Å². The number of benzene rings is 2. The van der Waals surface area contributed by atoms with Gasteiger partial charge in [-0.05, 0) is 65.7 Å². The molecule has 0 unspecified atom stereocenters. The van der Waals surface area contributed by atoms with Gasteiger partial charge in [-0.15, -0.1) is 0 Å². The quantitative estimate of drug-likeness (QED) is 0.578. The van der Waals surface area contributed by atoms with Gasteiger partial charge in [0.15, 0.2) is 11.5 Å². The van der Waals surface area contributed by atoms with E-state index >= 15 is 0 Å². The fraction of sp³-hybridized carbons (Fsp3) is 0.278. The number of ether oxygens (including phenoxy) is 2. The van der Waals surface area contributed by atoms with Crippen LogP contribution in [0.3, 0.4) is 0 Å². The molecule has 7 heteroatoms. The van der Waals surface area contributed by atoms with Crippen molar-refractivity contribution >= 4 is 32.7 Å². The summed E-state index contributed by atoms with van der Waals surface area (Å²) in [5.41, 5.74) is 3.31. The summed E-state index contributed by atoms with van der Waals surface area (Å²) < 4.78 is 12.1. The van der Waals surface area contributed by atoms with Gasteiger partial charge in [0.1, 0.15) is 0 Å². The topological polar surface area (TPSA) is 79.1 Å². The molecule has 3 rings (SSSR count). The first-order chi connectivity index (χ1) is 12.0. The van der Waals surface area contributed by atoms with Gasteiger partial charge in [0.25, 0.3) is 0 Å². The normalized spacial score (nSPS) is 11.1. The molecule has 3 N–H and O–H groups in total. The molecule has 0 saturated heterocycles. The highest BCUT2D eigenvalue weighted by atomic mass is 79.9. The molecule has 1 heterocycles. The van der Waals surface area contributed by atoms with E-state index in [2.05, 4.69) is 31.2 Å². The third-order valence-corrected chi connectivity index (χ3v) is 4.24. The first-order valence-corrected chi connectivity index (χ1v) is 8.74. The largest absolute Gasteiger partial charge is 0.493 e. The first-order valence-electron chi connectivity index (χ1n) is 7.95. The second kappa shape index (κ2) is 7.23. The summed E-state index contributed by atoms with van der Waals surface area (Å²) in [6, 6.07) is 9.64. The van der Waals surface area contributed by atoms with Crippen molar-refractivity contribution in [3.63, 3.8) is 0 Å². The van der Waals surface area contributed by atoms with E-state index in [1.54, 1.807) is 7.11 Å². The van der Waals surface area contributed by atoms with Crippen molar-refractivity contribution in [3.8, 4) is 11.5 Å². The van der Waals surface area contributed by atoms with Gasteiger partial charge in [-0.3, -0.25) is 0 Å². The summed E-state index contributed by atoms with van der Waals surface area (Å²) in [5, 5.41) is 3.35. The molecular weight excluding hydrogens is 386 g/mol. The van der Waals surface area contributed by atoms with Crippen LogP contribution in [0.15, 0.2) is 39.6 Å². The van der Waals surface area contributed by atoms with Crippen LogP contribution >= 0.6 is 15.9 Å². The lowest BCUT2D eigenvalue weighted by Crippen LogP contribution is -2.08. The molecule has 0 fully saturated rings. The number of halogens is 1. The zero-order valence-corrected chi connectivity index (χ0v) is 15.9. The molecule has 2 aromatic carbocycles. The van der Waals surface area contributed by atoms with E-state index in [0.717, 1.165) is 26.8 Å². The van der Waals surface area contributed by atoms with E-state index < -0.39 is 0 Å². The molecule has 0 radical (unpaired) electrons. The molecule has 0 amide bonds. The minimum atomic E-state index is -0.207. The molecule has 0 aliphatic carbocycles. The standard InChI is InChI=1S/C18H20BrN3O3/c1-10(2)25-17-13(19)6-11(7-16(17)24-3)9-20-12-4-5-14-15(8-12)22-18(23)21-14/h4-8,10,20H,9H2,1-3H3,(H2,21,22,23). The van der Waals surface area contributed by atoms with Gasteiger partial charge in [-0.2, -0.15) is 0 Å². The molecule has 3 aromatic rings. The van der Waals surface area contributed by atoms with Crippen molar-refractivity contribution in [1.82, 2.24) is 9.97 Å². The number of hydrogen-bond donors (Lipinski definition) is 3. The Morgan fingerprint density at radius 3 is 2.64 bits per heavy atom. The van der Waals surface area contributed by atoms with Crippen molar-refractivity contribution in [1.29, 1.82) is 0 Å². The van der Waals surface area contributed by atoms with Crippen molar-refractivity contribution in [3.05, 3.63) is 50.9 Å². The van der Waals surface area contributed by atoms with Crippen LogP contribution < -0.4 is 20.5 Å². The molecular formula is C18H20BrN3O3. The molecule has 0 atom stereocenters. The van der Waals surface area contributed by atoms with Gasteiger partial charge < -0.3 is 24.8 Å². The summed E-state index contributed by atoms with van der Waals surface area (Å²) in [7, 11) is 1.63. The van der Waals surface area contributed by atoms with Crippen molar-refractivity contribution in [2.24, 2.45) is 0 Å². The second-order valence-electron chi connectivity index (χ2n) is 5.97. The Labute approximate surface area is 153 Å². The lowest BCUT2D eigenvalue weighted by atomic mass is 10.2. The zero-order chi connectivity index (χ0) is 18.0. The Morgan fingerprint density at radius 2 is 1.92 bits per heavy atom. The maximum atomic E-state index is 11.3. The molecule has 0 aliphatic rings. The lowest BCUT2D eigenvalue weighted by Gasteiger charge is -2.17. The van der Waals surface area contributed by atoms with E-state index in [1.165, 1.54) is 0 Å². The number of nitrogens with one attached hydrogen (secondary N) is 3. The maximum Gasteiger partial charge on any atom is 0.323 e. The lowest BCUT2D eigenvalue weighted by molar-refractivity contribution is 0.228. The van der Waals surface area contributed by atoms with Crippen LogP contribution in [0.5, 0.6) is 11.5 Å². The van der Waals surface area contributed by atoms with Gasteiger partial charge in [0.05, 0.1) is 28.7 Å². The van der Waals surface area contributed by atoms with Gasteiger partial charge in [0.2, 0.25) is 0 Å². The number of imidazole rings is 1. The van der Waals surface area contributed by atoms with E-state index in [1.807, 2.05) is 44.2 Å². The molecule has 0 aliphatic heterocycles. The minimum Gasteiger partial charge on any atom is -0.493 e. The fourth-order valence-electron chi connectivity index (χ4n) is 2.57. The second-order valence-corrected chi connectivity index (χ2v) is 6.82. The van der Waals surface area contributed by atoms with Gasteiger partial charge >= 0.3 is 5.69 Å². The molecule has 132 valence electrons. The number of methoxy groups -OCH3 is 1. The molecule has 25 heavy (non-hydrogen) atoms. The number of fused-ring (bicyclic) bond motifs is 1. The molecule has 6 nitrogen and oxygen atoms in total. The van der Waals surface area contributed by atoms with Crippen molar-refractivity contribution in [2.75, 3.05) is 12.4 Å². The Bertz CT molecular complexity index is 946. The van der Waals surface area contributed by atoms with E-state index in [4.69, 9.17) is 9.47 Å². The Balaban J connectivity index is 1.79. The average molecular weight is 406 g/mol. The summed E-state index contributed by atoms with van der Waals surface area (Å²) in [6.07, 6.45) is 0.0596. The third-order valence-electron chi connectivity index (χ3n) is 3.66. The SMILES string of the molecule is COc1cc(CNc2ccc3[nH]c(=O)[nH]c3c2)cc(Br)c1OC(C)C. The smallest absolute Gasteiger partial charge is 0.323 e. The maximum absolute atomic E-state index is 11.3. The highest BCUT2D eigenvalue weighted by Gasteiger charge is 2.13. The van der Waals surface area contributed by atoms with Crippen molar-refractivity contribution < 1.29 is 9.47 Å². The molecule has 0 bridgehead atoms. The number of hydrogen-bond acceptors (Lipinski definition) is 4. The average Bonchev–Trinajstić information content (AvgIpc) is 2.93. The molecule has 0 spiro atoms. The van der Waals surface area contributed by atoms with Gasteiger partial charge in [-0.1, -0.05) is 0 Å². The van der Waals surface area contributed by atoms with Crippen LogP contribution in [-0.4, -0.2) is 23.2 Å². The third kappa shape index (κ3) is 3.99. The van der Waals surface area contributed by atoms with Crippen LogP contribution in [0.4, 0.5) is 5.69 Å². The van der Waals surface area contributed by atoms with Crippen LogP contribution in [0.1, 0.15) is 19.4 Å². The number of H-pyrrole nitrogens is 2. The van der Waals surface area contributed by atoms with Crippen LogP contribution in [0.2, 0.25) is 0 Å². The molecule has 1 aromatic heterocycles. The van der Waals surface area contributed by atoms with Gasteiger partial charge in [-0.25, -0.2) is 4.79 Å². The highest BCUT2D eigenvalue weighted by Crippen LogP contribution is 2.37. The van der Waals surface area contributed by atoms with Crippen molar-refractivity contribution in [2.45, 2.75) is 26.5 Å². The fourth-order valence-corrected chi connectivity index (χ4v) is 3.15. The van der Waals surface area contributed by atoms with E-state index in [-0.39, 0.29) is 11.8 Å². The Kier molecular flexibility index (Phi) is 5.03. The summed E-state index contributed by atoms with van der Waals surface area (Å²) in [6.45, 7) is 4.56. The Morgan fingerprint density at radius 1 is 1.16 bits per heavy atom. The van der Waals surface area contributed by atoms with Crippen LogP contribution in [-0.2, 0) is 6.54 Å². The minimum absolute atomic E-state index is 0.0596. The number of rotatable bonds is 6. The predicted molar refractivity (Wildman–Crippen MR) is 103 cm³/mol. The summed E-state index contributed by atoms with van der Waals surface area (Å²) in [5.74, 6) is 1.39. The number of aromatic amines is 2. The predicted octanol–water partition coefficient (Wildman–Crippen LogP) is 4.03. The monoisotopic (exact) mass is 405 g/mol. The Hall–Kier alpha value is -2.41. The molecule has 0 saturated carbocycles. The summed E-state index contributed by atoms with van der Waals surface area (Å²) >= 11 is 3.55. The first kappa shape index (κ1) is 17.4. The van der Waals surface area contributed by atoms with E-state index in [0.29, 0.717) is 18.0 Å². The van der Waals surface area contributed by atoms with Crippen LogP contribution in [0.25, 0.3) is 11.0 Å². The summed E-state index contributed by atoms with van der Waals surface area (Å²) in [4.78, 5) is 16.8. The highest BCUT2D eigenvalue weighted by molar-refractivity contribution is 9.10. The number of aromatic nitrogens is 2. The number of anilines is 1. The van der Waals surface area contributed by atoms with Gasteiger partial charge in [0, 0.05) is 12.2 Å². The zero-order valence-electron chi connectivity index (χ0n) is 14.3.